The van der Waals surface area contributed by atoms with Crippen molar-refractivity contribution in [2.45, 2.75) is 43.8 Å². The molecule has 4 nitrogen and oxygen atoms in total. The molecule has 0 saturated heterocycles. The number of rotatable bonds is 6. The number of amides is 1. The van der Waals surface area contributed by atoms with E-state index in [1.165, 1.54) is 0 Å². The number of aliphatic hydroxyl groups is 1. The number of hydrogen-bond acceptors (Lipinski definition) is 3. The van der Waals surface area contributed by atoms with Crippen LogP contribution in [-0.2, 0) is 15.1 Å². The van der Waals surface area contributed by atoms with E-state index in [2.05, 4.69) is 5.32 Å². The maximum atomic E-state index is 12.0. The second kappa shape index (κ2) is 5.94. The molecule has 2 rings (SSSR count). The van der Waals surface area contributed by atoms with Crippen LogP contribution in [0.3, 0.4) is 0 Å². The molecule has 4 heteroatoms. The van der Waals surface area contributed by atoms with Gasteiger partial charge >= 0.3 is 0 Å². The van der Waals surface area contributed by atoms with Crippen molar-refractivity contribution in [3.05, 3.63) is 35.9 Å². The van der Waals surface area contributed by atoms with Crippen LogP contribution >= 0.6 is 0 Å². The lowest BCUT2D eigenvalue weighted by Crippen LogP contribution is -2.50. The summed E-state index contributed by atoms with van der Waals surface area (Å²) in [6.07, 6.45) is 3.17. The first-order chi connectivity index (χ1) is 9.47. The van der Waals surface area contributed by atoms with Crippen LogP contribution in [0.25, 0.3) is 0 Å². The summed E-state index contributed by atoms with van der Waals surface area (Å²) in [6.45, 7) is 2.19. The van der Waals surface area contributed by atoms with Crippen LogP contribution in [0.2, 0.25) is 0 Å². The highest BCUT2D eigenvalue weighted by atomic mass is 16.5. The van der Waals surface area contributed by atoms with Crippen LogP contribution in [0, 0.1) is 0 Å². The molecule has 1 amide bonds. The lowest BCUT2D eigenvalue weighted by atomic mass is 9.80. The predicted octanol–water partition coefficient (Wildman–Crippen LogP) is 1.97. The predicted molar refractivity (Wildman–Crippen MR) is 77.2 cm³/mol. The Hall–Kier alpha value is -1.39. The van der Waals surface area contributed by atoms with Crippen molar-refractivity contribution >= 4 is 5.91 Å². The average Bonchev–Trinajstić information content (AvgIpc) is 2.38. The van der Waals surface area contributed by atoms with E-state index in [1.54, 1.807) is 14.0 Å². The Morgan fingerprint density at radius 3 is 2.55 bits per heavy atom. The third-order valence-corrected chi connectivity index (χ3v) is 4.21. The Morgan fingerprint density at radius 1 is 1.40 bits per heavy atom. The zero-order valence-corrected chi connectivity index (χ0v) is 12.2. The van der Waals surface area contributed by atoms with Gasteiger partial charge in [0.25, 0.3) is 0 Å². The van der Waals surface area contributed by atoms with Gasteiger partial charge in [-0.1, -0.05) is 30.3 Å². The summed E-state index contributed by atoms with van der Waals surface area (Å²) in [7, 11) is 1.69. The summed E-state index contributed by atoms with van der Waals surface area (Å²) in [4.78, 5) is 12.0. The van der Waals surface area contributed by atoms with Crippen molar-refractivity contribution in [2.75, 3.05) is 13.7 Å². The number of benzene rings is 1. The van der Waals surface area contributed by atoms with Gasteiger partial charge in [-0.3, -0.25) is 4.79 Å². The molecule has 1 aromatic carbocycles. The third kappa shape index (κ3) is 3.38. The monoisotopic (exact) mass is 277 g/mol. The molecule has 1 fully saturated rings. The van der Waals surface area contributed by atoms with Crippen molar-refractivity contribution in [2.24, 2.45) is 0 Å². The van der Waals surface area contributed by atoms with Gasteiger partial charge in [-0.15, -0.1) is 0 Å². The van der Waals surface area contributed by atoms with Gasteiger partial charge in [0.1, 0.15) is 0 Å². The molecular formula is C16H23NO3. The van der Waals surface area contributed by atoms with Crippen LogP contribution in [0.1, 0.15) is 38.2 Å². The average molecular weight is 277 g/mol. The van der Waals surface area contributed by atoms with E-state index in [0.29, 0.717) is 6.54 Å². The van der Waals surface area contributed by atoms with Crippen molar-refractivity contribution in [3.8, 4) is 0 Å². The molecule has 1 saturated carbocycles. The van der Waals surface area contributed by atoms with E-state index in [9.17, 15) is 9.90 Å². The molecule has 0 bridgehead atoms. The summed E-state index contributed by atoms with van der Waals surface area (Å²) in [5.41, 5.74) is -0.584. The van der Waals surface area contributed by atoms with Gasteiger partial charge in [0.2, 0.25) is 5.91 Å². The molecule has 0 radical (unpaired) electrons. The Bertz CT molecular complexity index is 447. The van der Waals surface area contributed by atoms with E-state index in [-0.39, 0.29) is 17.9 Å². The molecule has 1 unspecified atom stereocenters. The van der Waals surface area contributed by atoms with Gasteiger partial charge in [-0.2, -0.15) is 0 Å². The number of nitrogens with one attached hydrogen (secondary N) is 1. The first kappa shape index (κ1) is 15.0. The van der Waals surface area contributed by atoms with Gasteiger partial charge in [-0.25, -0.2) is 0 Å². The summed E-state index contributed by atoms with van der Waals surface area (Å²) in [6, 6.07) is 9.26. The smallest absolute Gasteiger partial charge is 0.223 e. The Kier molecular flexibility index (Phi) is 4.45. The second-order valence-corrected chi connectivity index (χ2v) is 5.83. The third-order valence-electron chi connectivity index (χ3n) is 4.21. The highest BCUT2D eigenvalue weighted by Gasteiger charge is 2.37. The Balaban J connectivity index is 1.88. The molecule has 1 aliphatic carbocycles. The number of carbonyl (C=O) groups is 1. The van der Waals surface area contributed by atoms with E-state index in [1.807, 2.05) is 30.3 Å². The zero-order valence-electron chi connectivity index (χ0n) is 12.2. The Morgan fingerprint density at radius 2 is 2.05 bits per heavy atom. The summed E-state index contributed by atoms with van der Waals surface area (Å²) < 4.78 is 5.46. The second-order valence-electron chi connectivity index (χ2n) is 5.83. The maximum absolute atomic E-state index is 12.0. The van der Waals surface area contributed by atoms with Crippen LogP contribution < -0.4 is 5.32 Å². The quantitative estimate of drug-likeness (QED) is 0.836. The van der Waals surface area contributed by atoms with E-state index >= 15 is 0 Å². The van der Waals surface area contributed by atoms with Gasteiger partial charge in [0, 0.05) is 13.7 Å². The molecule has 2 N–H and O–H groups in total. The van der Waals surface area contributed by atoms with Gasteiger partial charge in [-0.05, 0) is 31.7 Å². The molecule has 20 heavy (non-hydrogen) atoms. The molecule has 0 aliphatic heterocycles. The molecule has 1 aromatic rings. The lowest BCUT2D eigenvalue weighted by Gasteiger charge is -2.40. The minimum Gasteiger partial charge on any atom is -0.385 e. The minimum absolute atomic E-state index is 0.0524. The topological polar surface area (TPSA) is 58.6 Å². The van der Waals surface area contributed by atoms with Gasteiger partial charge in [0.15, 0.2) is 0 Å². The largest absolute Gasteiger partial charge is 0.385 e. The van der Waals surface area contributed by atoms with Crippen LogP contribution in [0.5, 0.6) is 0 Å². The molecule has 0 aromatic heterocycles. The van der Waals surface area contributed by atoms with E-state index in [4.69, 9.17) is 4.74 Å². The summed E-state index contributed by atoms with van der Waals surface area (Å²) >= 11 is 0. The fourth-order valence-corrected chi connectivity index (χ4v) is 2.56. The first-order valence-corrected chi connectivity index (χ1v) is 7.07. The fourth-order valence-electron chi connectivity index (χ4n) is 2.56. The molecule has 0 heterocycles. The minimum atomic E-state index is -1.15. The highest BCUT2D eigenvalue weighted by molar-refractivity contribution is 5.77. The van der Waals surface area contributed by atoms with Gasteiger partial charge in [0.05, 0.1) is 17.6 Å². The normalized spacial score (nSPS) is 19.8. The highest BCUT2D eigenvalue weighted by Crippen LogP contribution is 2.34. The maximum Gasteiger partial charge on any atom is 0.223 e. The molecule has 110 valence electrons. The van der Waals surface area contributed by atoms with Crippen LogP contribution in [0.4, 0.5) is 0 Å². The molecular weight excluding hydrogens is 254 g/mol. The molecule has 0 spiro atoms. The molecule has 1 aliphatic rings. The van der Waals surface area contributed by atoms with Crippen molar-refractivity contribution in [1.29, 1.82) is 0 Å². The number of ether oxygens (including phenoxy) is 1. The summed E-state index contributed by atoms with van der Waals surface area (Å²) in [5.74, 6) is -0.151. The lowest BCUT2D eigenvalue weighted by molar-refractivity contribution is -0.129. The van der Waals surface area contributed by atoms with E-state index < -0.39 is 5.60 Å². The zero-order chi connectivity index (χ0) is 14.6. The van der Waals surface area contributed by atoms with Crippen molar-refractivity contribution < 1.29 is 14.6 Å². The fraction of sp³-hybridized carbons (Fsp3) is 0.562. The van der Waals surface area contributed by atoms with Crippen molar-refractivity contribution in [1.82, 2.24) is 5.32 Å². The van der Waals surface area contributed by atoms with E-state index in [0.717, 1.165) is 24.8 Å². The van der Waals surface area contributed by atoms with Crippen LogP contribution in [0.15, 0.2) is 30.3 Å². The van der Waals surface area contributed by atoms with Crippen molar-refractivity contribution in [3.63, 3.8) is 0 Å². The number of carbonyl (C=O) groups excluding carboxylic acids is 1. The first-order valence-electron chi connectivity index (χ1n) is 7.07. The number of hydrogen-bond donors (Lipinski definition) is 2. The number of methoxy groups -OCH3 is 1. The Labute approximate surface area is 120 Å². The van der Waals surface area contributed by atoms with Crippen LogP contribution in [-0.4, -0.2) is 30.3 Å². The standard InChI is InChI=1S/C16H23NO3/c1-15(19,13-7-4-3-5-8-13)11-14(18)17-12-16(20-2)9-6-10-16/h3-5,7-8,19H,6,9-12H2,1-2H3,(H,17,18). The van der Waals surface area contributed by atoms with Gasteiger partial charge < -0.3 is 15.2 Å². The SMILES string of the molecule is COC1(CNC(=O)CC(C)(O)c2ccccc2)CCC1. The summed E-state index contributed by atoms with van der Waals surface area (Å²) in [5, 5.41) is 13.3. The molecule has 1 atom stereocenters.